The van der Waals surface area contributed by atoms with Gasteiger partial charge in [-0.1, -0.05) is 25.1 Å². The van der Waals surface area contributed by atoms with Gasteiger partial charge in [-0.2, -0.15) is 0 Å². The molecule has 2 heteroatoms. The molecule has 2 rings (SSSR count). The van der Waals surface area contributed by atoms with Crippen molar-refractivity contribution in [3.05, 3.63) is 29.8 Å². The van der Waals surface area contributed by atoms with Gasteiger partial charge in [-0.15, -0.1) is 11.8 Å². The van der Waals surface area contributed by atoms with Crippen molar-refractivity contribution in [2.24, 2.45) is 11.7 Å². The van der Waals surface area contributed by atoms with E-state index in [1.54, 1.807) is 0 Å². The highest BCUT2D eigenvalue weighted by molar-refractivity contribution is 8.00. The van der Waals surface area contributed by atoms with Crippen LogP contribution in [0.3, 0.4) is 0 Å². The van der Waals surface area contributed by atoms with Crippen molar-refractivity contribution in [3.8, 4) is 0 Å². The van der Waals surface area contributed by atoms with Crippen molar-refractivity contribution in [2.75, 3.05) is 0 Å². The van der Waals surface area contributed by atoms with E-state index in [4.69, 9.17) is 5.73 Å². The first-order valence-electron chi connectivity index (χ1n) is 5.67. The van der Waals surface area contributed by atoms with Crippen LogP contribution in [0.15, 0.2) is 29.2 Å². The highest BCUT2D eigenvalue weighted by Crippen LogP contribution is 2.39. The molecule has 0 spiro atoms. The summed E-state index contributed by atoms with van der Waals surface area (Å²) in [5, 5.41) is 0.739. The standard InChI is InChI=1S/C13H19NS/c1-9(10(2)14)7-12-8-11-5-3-4-6-13(11)15-12/h3-6,9-10,12H,7-8,14H2,1-2H3. The Bertz CT molecular complexity index is 310. The monoisotopic (exact) mass is 221 g/mol. The molecule has 3 unspecified atom stereocenters. The molecule has 0 amide bonds. The molecule has 15 heavy (non-hydrogen) atoms. The Morgan fingerprint density at radius 1 is 1.40 bits per heavy atom. The number of benzene rings is 1. The van der Waals surface area contributed by atoms with E-state index >= 15 is 0 Å². The van der Waals surface area contributed by atoms with Crippen LogP contribution in [0.25, 0.3) is 0 Å². The highest BCUT2D eigenvalue weighted by Gasteiger charge is 2.24. The lowest BCUT2D eigenvalue weighted by Gasteiger charge is -2.18. The molecule has 0 aromatic heterocycles. The zero-order chi connectivity index (χ0) is 10.8. The molecule has 0 saturated heterocycles. The fourth-order valence-corrected chi connectivity index (χ4v) is 3.50. The van der Waals surface area contributed by atoms with Crippen LogP contribution in [-0.2, 0) is 6.42 Å². The number of hydrogen-bond donors (Lipinski definition) is 1. The summed E-state index contributed by atoms with van der Waals surface area (Å²) in [4.78, 5) is 1.47. The molecule has 2 N–H and O–H groups in total. The molecule has 1 aromatic carbocycles. The van der Waals surface area contributed by atoms with Gasteiger partial charge in [0, 0.05) is 16.2 Å². The Kier molecular flexibility index (Phi) is 3.37. The quantitative estimate of drug-likeness (QED) is 0.849. The van der Waals surface area contributed by atoms with E-state index in [1.165, 1.54) is 23.3 Å². The van der Waals surface area contributed by atoms with E-state index in [0.717, 1.165) is 5.25 Å². The van der Waals surface area contributed by atoms with Gasteiger partial charge in [0.1, 0.15) is 0 Å². The molecule has 1 nitrogen and oxygen atoms in total. The van der Waals surface area contributed by atoms with Crippen molar-refractivity contribution in [1.29, 1.82) is 0 Å². The Hall–Kier alpha value is -0.470. The molecule has 1 aliphatic rings. The van der Waals surface area contributed by atoms with Crippen LogP contribution >= 0.6 is 11.8 Å². The summed E-state index contributed by atoms with van der Waals surface area (Å²) < 4.78 is 0. The maximum atomic E-state index is 5.91. The third-order valence-electron chi connectivity index (χ3n) is 3.25. The predicted octanol–water partition coefficient (Wildman–Crippen LogP) is 3.08. The van der Waals surface area contributed by atoms with Gasteiger partial charge in [-0.05, 0) is 37.3 Å². The predicted molar refractivity (Wildman–Crippen MR) is 67.2 cm³/mol. The average Bonchev–Trinajstić information content (AvgIpc) is 2.59. The molecule has 3 atom stereocenters. The van der Waals surface area contributed by atoms with Crippen molar-refractivity contribution in [2.45, 2.75) is 42.9 Å². The average molecular weight is 221 g/mol. The lowest BCUT2D eigenvalue weighted by atomic mass is 9.96. The Morgan fingerprint density at radius 2 is 2.13 bits per heavy atom. The summed E-state index contributed by atoms with van der Waals surface area (Å²) in [5.41, 5.74) is 7.43. The smallest absolute Gasteiger partial charge is 0.0138 e. The van der Waals surface area contributed by atoms with Gasteiger partial charge in [0.05, 0.1) is 0 Å². The van der Waals surface area contributed by atoms with Gasteiger partial charge < -0.3 is 5.73 Å². The third kappa shape index (κ3) is 2.56. The van der Waals surface area contributed by atoms with Crippen LogP contribution in [0, 0.1) is 5.92 Å². The summed E-state index contributed by atoms with van der Waals surface area (Å²) in [6, 6.07) is 9.06. The van der Waals surface area contributed by atoms with Crippen molar-refractivity contribution >= 4 is 11.8 Å². The topological polar surface area (TPSA) is 26.0 Å². The molecule has 1 heterocycles. The van der Waals surface area contributed by atoms with Gasteiger partial charge in [-0.3, -0.25) is 0 Å². The molecule has 1 aliphatic heterocycles. The minimum Gasteiger partial charge on any atom is -0.328 e. The van der Waals surface area contributed by atoms with E-state index in [1.807, 2.05) is 11.8 Å². The summed E-state index contributed by atoms with van der Waals surface area (Å²) in [5.74, 6) is 0.622. The molecular formula is C13H19NS. The first-order chi connectivity index (χ1) is 7.16. The van der Waals surface area contributed by atoms with E-state index < -0.39 is 0 Å². The Balaban J connectivity index is 1.96. The van der Waals surface area contributed by atoms with Crippen molar-refractivity contribution in [1.82, 2.24) is 0 Å². The molecule has 0 radical (unpaired) electrons. The first kappa shape index (κ1) is 11.0. The molecule has 0 bridgehead atoms. The Morgan fingerprint density at radius 3 is 2.80 bits per heavy atom. The molecule has 82 valence electrons. The molecule has 0 fully saturated rings. The summed E-state index contributed by atoms with van der Waals surface area (Å²) >= 11 is 2.03. The lowest BCUT2D eigenvalue weighted by Crippen LogP contribution is -2.26. The number of hydrogen-bond acceptors (Lipinski definition) is 2. The zero-order valence-electron chi connectivity index (χ0n) is 9.44. The van der Waals surface area contributed by atoms with Gasteiger partial charge in [0.25, 0.3) is 0 Å². The van der Waals surface area contributed by atoms with Gasteiger partial charge in [-0.25, -0.2) is 0 Å². The zero-order valence-corrected chi connectivity index (χ0v) is 10.3. The number of fused-ring (bicyclic) bond motifs is 1. The molecule has 0 saturated carbocycles. The summed E-state index contributed by atoms with van der Waals surface area (Å²) in [7, 11) is 0. The molecular weight excluding hydrogens is 202 g/mol. The maximum Gasteiger partial charge on any atom is 0.0138 e. The van der Waals surface area contributed by atoms with Crippen LogP contribution in [0.4, 0.5) is 0 Å². The maximum absolute atomic E-state index is 5.91. The minimum absolute atomic E-state index is 0.314. The molecule has 0 aliphatic carbocycles. The highest BCUT2D eigenvalue weighted by atomic mass is 32.2. The largest absolute Gasteiger partial charge is 0.328 e. The second-order valence-electron chi connectivity index (χ2n) is 4.62. The van der Waals surface area contributed by atoms with Crippen LogP contribution in [0.2, 0.25) is 0 Å². The van der Waals surface area contributed by atoms with Gasteiger partial charge >= 0.3 is 0 Å². The van der Waals surface area contributed by atoms with Crippen molar-refractivity contribution < 1.29 is 0 Å². The normalized spacial score (nSPS) is 23.5. The van der Waals surface area contributed by atoms with Crippen LogP contribution in [0.5, 0.6) is 0 Å². The fourth-order valence-electron chi connectivity index (χ4n) is 2.01. The SMILES string of the molecule is CC(N)C(C)CC1Cc2ccccc2S1. The van der Waals surface area contributed by atoms with E-state index in [9.17, 15) is 0 Å². The first-order valence-corrected chi connectivity index (χ1v) is 6.55. The second-order valence-corrected chi connectivity index (χ2v) is 5.97. The van der Waals surface area contributed by atoms with Crippen LogP contribution < -0.4 is 5.73 Å². The van der Waals surface area contributed by atoms with E-state index in [-0.39, 0.29) is 0 Å². The number of nitrogens with two attached hydrogens (primary N) is 1. The van der Waals surface area contributed by atoms with Gasteiger partial charge in [0.15, 0.2) is 0 Å². The third-order valence-corrected chi connectivity index (χ3v) is 4.59. The number of rotatable bonds is 3. The van der Waals surface area contributed by atoms with Crippen LogP contribution in [0.1, 0.15) is 25.8 Å². The van der Waals surface area contributed by atoms with Gasteiger partial charge in [0.2, 0.25) is 0 Å². The Labute approximate surface area is 96.4 Å². The second kappa shape index (κ2) is 4.58. The number of thioether (sulfide) groups is 1. The summed E-state index contributed by atoms with van der Waals surface area (Å²) in [6.45, 7) is 4.37. The minimum atomic E-state index is 0.314. The van der Waals surface area contributed by atoms with E-state index in [0.29, 0.717) is 12.0 Å². The van der Waals surface area contributed by atoms with E-state index in [2.05, 4.69) is 38.1 Å². The summed E-state index contributed by atoms with van der Waals surface area (Å²) in [6.07, 6.45) is 2.45. The lowest BCUT2D eigenvalue weighted by molar-refractivity contribution is 0.444. The fraction of sp³-hybridized carbons (Fsp3) is 0.538. The van der Waals surface area contributed by atoms with Crippen molar-refractivity contribution in [3.63, 3.8) is 0 Å². The van der Waals surface area contributed by atoms with Crippen LogP contribution in [-0.4, -0.2) is 11.3 Å². The molecule has 1 aromatic rings.